The molecule has 116 valence electrons. The SMILES string of the molecule is COc1cccc(NC(C)C(=O)N(C)Cc2ccccc2)c1. The van der Waals surface area contributed by atoms with Gasteiger partial charge >= 0.3 is 0 Å². The van der Waals surface area contributed by atoms with E-state index in [0.717, 1.165) is 17.0 Å². The number of hydrogen-bond donors (Lipinski definition) is 1. The third-order valence-corrected chi connectivity index (χ3v) is 3.46. The van der Waals surface area contributed by atoms with Gasteiger partial charge in [-0.2, -0.15) is 0 Å². The normalized spacial score (nSPS) is 11.6. The number of nitrogens with zero attached hydrogens (tertiary/aromatic N) is 1. The van der Waals surface area contributed by atoms with Crippen LogP contribution in [0.4, 0.5) is 5.69 Å². The molecule has 0 fully saturated rings. The topological polar surface area (TPSA) is 41.6 Å². The first-order chi connectivity index (χ1) is 10.6. The van der Waals surface area contributed by atoms with E-state index in [0.29, 0.717) is 6.54 Å². The second kappa shape index (κ2) is 7.50. The van der Waals surface area contributed by atoms with Gasteiger partial charge in [-0.15, -0.1) is 0 Å². The molecule has 2 aromatic rings. The number of nitrogens with one attached hydrogen (secondary N) is 1. The molecule has 0 aliphatic rings. The van der Waals surface area contributed by atoms with Gasteiger partial charge in [0.1, 0.15) is 11.8 Å². The van der Waals surface area contributed by atoms with Gasteiger partial charge in [0, 0.05) is 25.3 Å². The first-order valence-corrected chi connectivity index (χ1v) is 7.29. The van der Waals surface area contributed by atoms with Crippen molar-refractivity contribution >= 4 is 11.6 Å². The highest BCUT2D eigenvalue weighted by molar-refractivity contribution is 5.84. The Labute approximate surface area is 131 Å². The lowest BCUT2D eigenvalue weighted by Gasteiger charge is -2.23. The van der Waals surface area contributed by atoms with Crippen LogP contribution >= 0.6 is 0 Å². The largest absolute Gasteiger partial charge is 0.497 e. The number of amides is 1. The molecule has 1 amide bonds. The third kappa shape index (κ3) is 4.25. The molecule has 4 heteroatoms. The molecule has 0 aliphatic heterocycles. The predicted molar refractivity (Wildman–Crippen MR) is 89.0 cm³/mol. The first-order valence-electron chi connectivity index (χ1n) is 7.29. The van der Waals surface area contributed by atoms with Gasteiger partial charge in [0.15, 0.2) is 0 Å². The highest BCUT2D eigenvalue weighted by Gasteiger charge is 2.17. The summed E-state index contributed by atoms with van der Waals surface area (Å²) in [6, 6.07) is 17.2. The number of methoxy groups -OCH3 is 1. The van der Waals surface area contributed by atoms with E-state index in [-0.39, 0.29) is 11.9 Å². The third-order valence-electron chi connectivity index (χ3n) is 3.46. The molecule has 0 radical (unpaired) electrons. The molecule has 0 saturated heterocycles. The summed E-state index contributed by atoms with van der Waals surface area (Å²) in [5, 5.41) is 3.21. The van der Waals surface area contributed by atoms with Crippen LogP contribution < -0.4 is 10.1 Å². The molecular formula is C18H22N2O2. The summed E-state index contributed by atoms with van der Waals surface area (Å²) >= 11 is 0. The summed E-state index contributed by atoms with van der Waals surface area (Å²) in [4.78, 5) is 14.2. The van der Waals surface area contributed by atoms with Crippen LogP contribution in [0.25, 0.3) is 0 Å². The molecule has 2 aromatic carbocycles. The number of benzene rings is 2. The van der Waals surface area contributed by atoms with Crippen LogP contribution in [-0.2, 0) is 11.3 Å². The van der Waals surface area contributed by atoms with Crippen molar-refractivity contribution in [2.24, 2.45) is 0 Å². The van der Waals surface area contributed by atoms with Crippen molar-refractivity contribution in [3.8, 4) is 5.75 Å². The maximum absolute atomic E-state index is 12.4. The average Bonchev–Trinajstić information content (AvgIpc) is 2.55. The molecule has 4 nitrogen and oxygen atoms in total. The summed E-state index contributed by atoms with van der Waals surface area (Å²) in [5.41, 5.74) is 1.99. The number of hydrogen-bond acceptors (Lipinski definition) is 3. The van der Waals surface area contributed by atoms with Gasteiger partial charge in [-0.1, -0.05) is 36.4 Å². The smallest absolute Gasteiger partial charge is 0.244 e. The van der Waals surface area contributed by atoms with Crippen LogP contribution in [0.5, 0.6) is 5.75 Å². The minimum atomic E-state index is -0.305. The molecule has 0 aliphatic carbocycles. The van der Waals surface area contributed by atoms with Crippen LogP contribution in [0.3, 0.4) is 0 Å². The van der Waals surface area contributed by atoms with Crippen LogP contribution in [0, 0.1) is 0 Å². The fourth-order valence-electron chi connectivity index (χ4n) is 2.29. The zero-order valence-corrected chi connectivity index (χ0v) is 13.2. The van der Waals surface area contributed by atoms with Crippen LogP contribution in [0.15, 0.2) is 54.6 Å². The van der Waals surface area contributed by atoms with Gasteiger partial charge in [0.25, 0.3) is 0 Å². The molecule has 1 unspecified atom stereocenters. The van der Waals surface area contributed by atoms with Crippen molar-refractivity contribution in [3.63, 3.8) is 0 Å². The zero-order chi connectivity index (χ0) is 15.9. The number of carbonyl (C=O) groups is 1. The highest BCUT2D eigenvalue weighted by Crippen LogP contribution is 2.18. The Bertz CT molecular complexity index is 613. The number of carbonyl (C=O) groups excluding carboxylic acids is 1. The average molecular weight is 298 g/mol. The summed E-state index contributed by atoms with van der Waals surface area (Å²) in [7, 11) is 3.44. The lowest BCUT2D eigenvalue weighted by molar-refractivity contribution is -0.130. The monoisotopic (exact) mass is 298 g/mol. The van der Waals surface area contributed by atoms with Gasteiger partial charge in [-0.05, 0) is 24.6 Å². The molecule has 1 atom stereocenters. The number of ether oxygens (including phenoxy) is 1. The minimum Gasteiger partial charge on any atom is -0.497 e. The Kier molecular flexibility index (Phi) is 5.42. The van der Waals surface area contributed by atoms with Crippen molar-refractivity contribution in [2.45, 2.75) is 19.5 Å². The minimum absolute atomic E-state index is 0.0478. The number of anilines is 1. The van der Waals surface area contributed by atoms with Crippen molar-refractivity contribution in [1.29, 1.82) is 0 Å². The van der Waals surface area contributed by atoms with Crippen LogP contribution in [0.1, 0.15) is 12.5 Å². The fraction of sp³-hybridized carbons (Fsp3) is 0.278. The Morgan fingerprint density at radius 3 is 2.59 bits per heavy atom. The molecular weight excluding hydrogens is 276 g/mol. The van der Waals surface area contributed by atoms with Crippen molar-refractivity contribution < 1.29 is 9.53 Å². The number of likely N-dealkylation sites (N-methyl/N-ethyl adjacent to an activating group) is 1. The Morgan fingerprint density at radius 1 is 1.18 bits per heavy atom. The Hall–Kier alpha value is -2.49. The number of rotatable bonds is 6. The van der Waals surface area contributed by atoms with E-state index in [4.69, 9.17) is 4.74 Å². The van der Waals surface area contributed by atoms with E-state index >= 15 is 0 Å². The van der Waals surface area contributed by atoms with E-state index < -0.39 is 0 Å². The van der Waals surface area contributed by atoms with Crippen LogP contribution in [0.2, 0.25) is 0 Å². The lowest BCUT2D eigenvalue weighted by Crippen LogP contribution is -2.38. The molecule has 0 spiro atoms. The molecule has 0 heterocycles. The van der Waals surface area contributed by atoms with Gasteiger partial charge in [0.2, 0.25) is 5.91 Å². The summed E-state index contributed by atoms with van der Waals surface area (Å²) in [6.07, 6.45) is 0. The zero-order valence-electron chi connectivity index (χ0n) is 13.2. The van der Waals surface area contributed by atoms with Gasteiger partial charge in [0.05, 0.1) is 7.11 Å². The van der Waals surface area contributed by atoms with E-state index in [1.807, 2.05) is 68.6 Å². The van der Waals surface area contributed by atoms with Gasteiger partial charge < -0.3 is 15.0 Å². The molecule has 0 aromatic heterocycles. The van der Waals surface area contributed by atoms with Crippen molar-refractivity contribution in [3.05, 3.63) is 60.2 Å². The summed E-state index contributed by atoms with van der Waals surface area (Å²) in [6.45, 7) is 2.47. The summed E-state index contributed by atoms with van der Waals surface area (Å²) in [5.74, 6) is 0.814. The van der Waals surface area contributed by atoms with Gasteiger partial charge in [-0.3, -0.25) is 4.79 Å². The fourth-order valence-corrected chi connectivity index (χ4v) is 2.29. The Morgan fingerprint density at radius 2 is 1.91 bits per heavy atom. The predicted octanol–water partition coefficient (Wildman–Crippen LogP) is 3.15. The van der Waals surface area contributed by atoms with Crippen molar-refractivity contribution in [1.82, 2.24) is 4.90 Å². The molecule has 0 bridgehead atoms. The highest BCUT2D eigenvalue weighted by atomic mass is 16.5. The second-order valence-electron chi connectivity index (χ2n) is 5.28. The van der Waals surface area contributed by atoms with E-state index in [9.17, 15) is 4.79 Å². The Balaban J connectivity index is 1.96. The summed E-state index contributed by atoms with van der Waals surface area (Å²) < 4.78 is 5.19. The van der Waals surface area contributed by atoms with E-state index in [2.05, 4.69) is 5.32 Å². The second-order valence-corrected chi connectivity index (χ2v) is 5.28. The molecule has 0 saturated carbocycles. The molecule has 22 heavy (non-hydrogen) atoms. The quantitative estimate of drug-likeness (QED) is 0.890. The standard InChI is InChI=1S/C18H22N2O2/c1-14(19-16-10-7-11-17(12-16)22-3)18(21)20(2)13-15-8-5-4-6-9-15/h4-12,14,19H,13H2,1-3H3. The molecule has 1 N–H and O–H groups in total. The van der Waals surface area contributed by atoms with Crippen molar-refractivity contribution in [2.75, 3.05) is 19.5 Å². The maximum atomic E-state index is 12.4. The maximum Gasteiger partial charge on any atom is 0.244 e. The van der Waals surface area contributed by atoms with Gasteiger partial charge in [-0.25, -0.2) is 0 Å². The molecule has 2 rings (SSSR count). The van der Waals surface area contributed by atoms with E-state index in [1.54, 1.807) is 12.0 Å². The van der Waals surface area contributed by atoms with E-state index in [1.165, 1.54) is 0 Å². The van der Waals surface area contributed by atoms with Crippen LogP contribution in [-0.4, -0.2) is 31.0 Å². The first kappa shape index (κ1) is 15.9. The lowest BCUT2D eigenvalue weighted by atomic mass is 10.2.